The minimum atomic E-state index is -0.575. The smallest absolute Gasteiger partial charge is 0.211 e. The summed E-state index contributed by atoms with van der Waals surface area (Å²) in [4.78, 5) is 9.74. The highest BCUT2D eigenvalue weighted by Gasteiger charge is 1.83. The number of amides is 1. The van der Waals surface area contributed by atoms with Crippen LogP contribution in [0.15, 0.2) is 36.8 Å². The van der Waals surface area contributed by atoms with E-state index in [0.717, 1.165) is 6.08 Å². The molecule has 0 atom stereocenters. The molecule has 3 heteroatoms. The molecular formula is C7H8FNO. The highest BCUT2D eigenvalue weighted by molar-refractivity contribution is 5.51. The highest BCUT2D eigenvalue weighted by atomic mass is 19.1. The molecule has 2 nitrogen and oxygen atoms in total. The van der Waals surface area contributed by atoms with Gasteiger partial charge in [0.2, 0.25) is 6.41 Å². The molecule has 54 valence electrons. The molecule has 0 radical (unpaired) electrons. The Bertz CT molecular complexity index is 184. The fraction of sp³-hybridized carbons (Fsp3) is 0. The summed E-state index contributed by atoms with van der Waals surface area (Å²) < 4.78 is 11.9. The van der Waals surface area contributed by atoms with Crippen molar-refractivity contribution in [2.45, 2.75) is 0 Å². The largest absolute Gasteiger partial charge is 0.329 e. The molecule has 1 amide bonds. The van der Waals surface area contributed by atoms with Crippen molar-refractivity contribution < 1.29 is 9.18 Å². The average molecular weight is 141 g/mol. The Morgan fingerprint density at radius 3 is 2.40 bits per heavy atom. The van der Waals surface area contributed by atoms with E-state index in [-0.39, 0.29) is 0 Å². The number of nitrogens with one attached hydrogen (secondary N) is 1. The van der Waals surface area contributed by atoms with Gasteiger partial charge in [0.15, 0.2) is 0 Å². The van der Waals surface area contributed by atoms with Crippen LogP contribution in [0.2, 0.25) is 0 Å². The van der Waals surface area contributed by atoms with Gasteiger partial charge in [0.1, 0.15) is 5.83 Å². The fourth-order valence-electron chi connectivity index (χ4n) is 0.315. The lowest BCUT2D eigenvalue weighted by Gasteiger charge is -1.92. The zero-order valence-electron chi connectivity index (χ0n) is 5.43. The molecule has 0 fully saturated rings. The maximum absolute atomic E-state index is 11.9. The quantitative estimate of drug-likeness (QED) is 0.463. The van der Waals surface area contributed by atoms with Crippen LogP contribution in [-0.2, 0) is 4.79 Å². The summed E-state index contributed by atoms with van der Waals surface area (Å²) in [7, 11) is 0. The minimum absolute atomic E-state index is 0.328. The number of hydrogen-bond donors (Lipinski definition) is 1. The van der Waals surface area contributed by atoms with Crippen LogP contribution in [0.25, 0.3) is 0 Å². The predicted molar refractivity (Wildman–Crippen MR) is 37.7 cm³/mol. The first-order valence-corrected chi connectivity index (χ1v) is 2.58. The van der Waals surface area contributed by atoms with Crippen molar-refractivity contribution in [2.75, 3.05) is 0 Å². The summed E-state index contributed by atoms with van der Waals surface area (Å²) in [5.41, 5.74) is 0.328. The van der Waals surface area contributed by atoms with Crippen LogP contribution in [0.5, 0.6) is 0 Å². The van der Waals surface area contributed by atoms with Gasteiger partial charge in [-0.3, -0.25) is 4.79 Å². The monoisotopic (exact) mass is 141 g/mol. The van der Waals surface area contributed by atoms with Crippen molar-refractivity contribution in [3.05, 3.63) is 36.8 Å². The van der Waals surface area contributed by atoms with E-state index >= 15 is 0 Å². The Kier molecular flexibility index (Phi) is 3.87. The first-order valence-electron chi connectivity index (χ1n) is 2.58. The number of rotatable bonds is 4. The third-order valence-corrected chi connectivity index (χ3v) is 0.710. The number of carbonyl (C=O) groups is 1. The number of hydrogen-bond acceptors (Lipinski definition) is 1. The molecule has 0 heterocycles. The molecular weight excluding hydrogens is 133 g/mol. The van der Waals surface area contributed by atoms with Gasteiger partial charge >= 0.3 is 0 Å². The van der Waals surface area contributed by atoms with Crippen LogP contribution < -0.4 is 5.32 Å². The van der Waals surface area contributed by atoms with Crippen molar-refractivity contribution in [3.63, 3.8) is 0 Å². The molecule has 0 aromatic carbocycles. The standard InChI is InChI=1S/C7H8FNO/c1-6(8)3-4-7(2)9-5-10/h3-5H,1-2H2,(H,9,10)/b4-3-. The van der Waals surface area contributed by atoms with Crippen LogP contribution in [0.3, 0.4) is 0 Å². The normalized spacial score (nSPS) is 9.30. The molecule has 0 spiro atoms. The van der Waals surface area contributed by atoms with Gasteiger partial charge in [0.05, 0.1) is 0 Å². The molecule has 0 saturated carbocycles. The Hall–Kier alpha value is -1.38. The third kappa shape index (κ3) is 4.77. The minimum Gasteiger partial charge on any atom is -0.329 e. The topological polar surface area (TPSA) is 29.1 Å². The molecule has 0 aromatic heterocycles. The molecule has 0 unspecified atom stereocenters. The zero-order chi connectivity index (χ0) is 7.98. The Morgan fingerprint density at radius 1 is 1.40 bits per heavy atom. The van der Waals surface area contributed by atoms with Gasteiger partial charge in [-0.25, -0.2) is 4.39 Å². The first-order chi connectivity index (χ1) is 4.66. The first kappa shape index (κ1) is 8.62. The van der Waals surface area contributed by atoms with E-state index in [1.54, 1.807) is 0 Å². The van der Waals surface area contributed by atoms with Gasteiger partial charge in [0, 0.05) is 5.70 Å². The lowest BCUT2D eigenvalue weighted by atomic mass is 10.4. The molecule has 0 aliphatic heterocycles. The summed E-state index contributed by atoms with van der Waals surface area (Å²) in [5, 5.41) is 2.23. The van der Waals surface area contributed by atoms with Crippen molar-refractivity contribution >= 4 is 6.41 Å². The van der Waals surface area contributed by atoms with E-state index in [9.17, 15) is 9.18 Å². The maximum atomic E-state index is 11.9. The predicted octanol–water partition coefficient (Wildman–Crippen LogP) is 1.29. The molecule has 0 saturated heterocycles. The van der Waals surface area contributed by atoms with Crippen LogP contribution in [0.1, 0.15) is 0 Å². The summed E-state index contributed by atoms with van der Waals surface area (Å²) >= 11 is 0. The lowest BCUT2D eigenvalue weighted by Crippen LogP contribution is -2.06. The van der Waals surface area contributed by atoms with Gasteiger partial charge in [-0.1, -0.05) is 13.2 Å². The summed E-state index contributed by atoms with van der Waals surface area (Å²) in [6.45, 7) is 6.36. The Morgan fingerprint density at radius 2 is 2.00 bits per heavy atom. The molecule has 0 bridgehead atoms. The zero-order valence-corrected chi connectivity index (χ0v) is 5.43. The van der Waals surface area contributed by atoms with Crippen molar-refractivity contribution in [1.82, 2.24) is 5.32 Å². The van der Waals surface area contributed by atoms with Gasteiger partial charge in [0.25, 0.3) is 0 Å². The van der Waals surface area contributed by atoms with E-state index in [2.05, 4.69) is 18.5 Å². The summed E-state index contributed by atoms with van der Waals surface area (Å²) in [6, 6.07) is 0. The average Bonchev–Trinajstić information content (AvgIpc) is 1.85. The van der Waals surface area contributed by atoms with Crippen molar-refractivity contribution in [1.29, 1.82) is 0 Å². The van der Waals surface area contributed by atoms with Crippen LogP contribution in [-0.4, -0.2) is 6.41 Å². The second kappa shape index (κ2) is 4.49. The summed E-state index contributed by atoms with van der Waals surface area (Å²) in [6.07, 6.45) is 2.89. The van der Waals surface area contributed by atoms with E-state index < -0.39 is 5.83 Å². The second-order valence-corrected chi connectivity index (χ2v) is 1.57. The maximum Gasteiger partial charge on any atom is 0.211 e. The molecule has 0 aliphatic rings. The fourth-order valence-corrected chi connectivity index (χ4v) is 0.315. The summed E-state index contributed by atoms with van der Waals surface area (Å²) in [5.74, 6) is -0.575. The Balaban J connectivity index is 3.77. The lowest BCUT2D eigenvalue weighted by molar-refractivity contribution is -0.108. The van der Waals surface area contributed by atoms with E-state index in [4.69, 9.17) is 0 Å². The van der Waals surface area contributed by atoms with Gasteiger partial charge in [-0.2, -0.15) is 0 Å². The van der Waals surface area contributed by atoms with E-state index in [1.165, 1.54) is 6.08 Å². The Labute approximate surface area is 58.7 Å². The third-order valence-electron chi connectivity index (χ3n) is 0.710. The second-order valence-electron chi connectivity index (χ2n) is 1.57. The number of allylic oxidation sites excluding steroid dienone is 3. The molecule has 10 heavy (non-hydrogen) atoms. The van der Waals surface area contributed by atoms with Crippen LogP contribution in [0, 0.1) is 0 Å². The van der Waals surface area contributed by atoms with Crippen molar-refractivity contribution in [3.8, 4) is 0 Å². The molecule has 0 aliphatic carbocycles. The SMILES string of the molecule is C=C(F)/C=C\C(=C)NC=O. The highest BCUT2D eigenvalue weighted by Crippen LogP contribution is 1.95. The van der Waals surface area contributed by atoms with Crippen molar-refractivity contribution in [2.24, 2.45) is 0 Å². The van der Waals surface area contributed by atoms with Gasteiger partial charge in [-0.15, -0.1) is 0 Å². The van der Waals surface area contributed by atoms with E-state index in [1.807, 2.05) is 0 Å². The number of halogens is 1. The van der Waals surface area contributed by atoms with Gasteiger partial charge < -0.3 is 5.32 Å². The van der Waals surface area contributed by atoms with Gasteiger partial charge in [-0.05, 0) is 12.2 Å². The molecule has 0 aromatic rings. The number of carbonyl (C=O) groups excluding carboxylic acids is 1. The van der Waals surface area contributed by atoms with E-state index in [0.29, 0.717) is 12.1 Å². The molecule has 1 N–H and O–H groups in total. The molecule has 0 rings (SSSR count). The van der Waals surface area contributed by atoms with Crippen LogP contribution in [0.4, 0.5) is 4.39 Å². The van der Waals surface area contributed by atoms with Crippen LogP contribution >= 0.6 is 0 Å².